The normalized spacial score (nSPS) is 20.8. The van der Waals surface area contributed by atoms with Crippen LogP contribution < -0.4 is 10.6 Å². The number of hydrogen-bond acceptors (Lipinski definition) is 4. The number of hydrogen-bond donors (Lipinski definition) is 3. The van der Waals surface area contributed by atoms with Crippen molar-refractivity contribution in [3.05, 3.63) is 11.8 Å². The Morgan fingerprint density at radius 3 is 2.83 bits per heavy atom. The first-order valence-corrected chi connectivity index (χ1v) is 8.55. The Bertz CT molecular complexity index is 548. The molecule has 0 bridgehead atoms. The number of carbonyl (C=O) groups excluding carboxylic acids is 2. The van der Waals surface area contributed by atoms with Gasteiger partial charge >= 0.3 is 0 Å². The molecule has 1 aliphatic heterocycles. The Balaban J connectivity index is 1.51. The van der Waals surface area contributed by atoms with Crippen LogP contribution in [0.3, 0.4) is 0 Å². The topological polar surface area (TPSA) is 90.1 Å². The number of nitrogens with one attached hydrogen (secondary N) is 3. The van der Waals surface area contributed by atoms with E-state index in [1.165, 1.54) is 38.5 Å². The lowest BCUT2D eigenvalue weighted by Gasteiger charge is -2.25. The van der Waals surface area contributed by atoms with Crippen molar-refractivity contribution in [1.29, 1.82) is 0 Å². The molecule has 0 radical (unpaired) electrons. The van der Waals surface area contributed by atoms with Gasteiger partial charge in [-0.1, -0.05) is 25.7 Å². The fourth-order valence-electron chi connectivity index (χ4n) is 3.41. The Morgan fingerprint density at radius 2 is 2.09 bits per heavy atom. The third-order valence-electron chi connectivity index (χ3n) is 4.64. The molecule has 2 amide bonds. The average Bonchev–Trinajstić information content (AvgIpc) is 2.81. The summed E-state index contributed by atoms with van der Waals surface area (Å²) in [5.41, 5.74) is 1.12. The van der Waals surface area contributed by atoms with Crippen LogP contribution >= 0.6 is 0 Å². The van der Waals surface area contributed by atoms with E-state index in [2.05, 4.69) is 20.8 Å². The molecule has 2 heterocycles. The molecule has 1 saturated carbocycles. The fourth-order valence-corrected chi connectivity index (χ4v) is 3.41. The van der Waals surface area contributed by atoms with E-state index in [4.69, 9.17) is 0 Å². The molecule has 1 aromatic rings. The van der Waals surface area contributed by atoms with Crippen molar-refractivity contribution in [3.8, 4) is 0 Å². The minimum Gasteiger partial charge on any atom is -0.354 e. The number of anilines is 1. The SMILES string of the molecule is O=C1CN(CC(=O)Nc2cc(C3CCCCCC3)[nH]n2)CCN1. The molecule has 0 unspecified atom stereocenters. The van der Waals surface area contributed by atoms with Gasteiger partial charge in [0.25, 0.3) is 0 Å². The number of amides is 2. The van der Waals surface area contributed by atoms with Gasteiger partial charge in [-0.15, -0.1) is 0 Å². The zero-order chi connectivity index (χ0) is 16.1. The van der Waals surface area contributed by atoms with Gasteiger partial charge in [0, 0.05) is 30.8 Å². The molecular weight excluding hydrogens is 294 g/mol. The lowest BCUT2D eigenvalue weighted by molar-refractivity contribution is -0.125. The maximum absolute atomic E-state index is 12.1. The second-order valence-corrected chi connectivity index (χ2v) is 6.51. The Kier molecular flexibility index (Phi) is 5.27. The number of H-pyrrole nitrogens is 1. The quantitative estimate of drug-likeness (QED) is 0.728. The standard InChI is InChI=1S/C16H25N5O2/c22-15-10-21(8-7-17-15)11-16(23)18-14-9-13(19-20-14)12-5-3-1-2-4-6-12/h9,12H,1-8,10-11H2,(H,17,22)(H2,18,19,20,23). The van der Waals surface area contributed by atoms with Crippen molar-refractivity contribution in [2.45, 2.75) is 44.4 Å². The number of rotatable bonds is 4. The summed E-state index contributed by atoms with van der Waals surface area (Å²) in [6.45, 7) is 1.80. The van der Waals surface area contributed by atoms with Gasteiger partial charge in [-0.25, -0.2) is 0 Å². The molecule has 0 aromatic carbocycles. The van der Waals surface area contributed by atoms with Crippen molar-refractivity contribution < 1.29 is 9.59 Å². The van der Waals surface area contributed by atoms with Gasteiger partial charge in [-0.05, 0) is 12.8 Å². The van der Waals surface area contributed by atoms with Crippen LogP contribution in [0.5, 0.6) is 0 Å². The summed E-state index contributed by atoms with van der Waals surface area (Å²) < 4.78 is 0. The molecule has 23 heavy (non-hydrogen) atoms. The first kappa shape index (κ1) is 16.0. The summed E-state index contributed by atoms with van der Waals surface area (Å²) in [6.07, 6.45) is 7.55. The lowest BCUT2D eigenvalue weighted by Crippen LogP contribution is -2.49. The Hall–Kier alpha value is -1.89. The van der Waals surface area contributed by atoms with Gasteiger partial charge in [0.2, 0.25) is 11.8 Å². The first-order chi connectivity index (χ1) is 11.2. The zero-order valence-corrected chi connectivity index (χ0v) is 13.4. The van der Waals surface area contributed by atoms with E-state index in [9.17, 15) is 9.59 Å². The second kappa shape index (κ2) is 7.59. The van der Waals surface area contributed by atoms with Crippen LogP contribution in [0, 0.1) is 0 Å². The van der Waals surface area contributed by atoms with Crippen LogP contribution in [-0.2, 0) is 9.59 Å². The maximum atomic E-state index is 12.1. The molecule has 2 aliphatic rings. The number of aromatic nitrogens is 2. The predicted molar refractivity (Wildman–Crippen MR) is 87.1 cm³/mol. The molecule has 7 heteroatoms. The minimum atomic E-state index is -0.126. The Morgan fingerprint density at radius 1 is 1.30 bits per heavy atom. The molecule has 1 aliphatic carbocycles. The van der Waals surface area contributed by atoms with Gasteiger partial charge in [0.05, 0.1) is 13.1 Å². The summed E-state index contributed by atoms with van der Waals surface area (Å²) >= 11 is 0. The van der Waals surface area contributed by atoms with Crippen molar-refractivity contribution in [1.82, 2.24) is 20.4 Å². The number of aromatic amines is 1. The van der Waals surface area contributed by atoms with Crippen LogP contribution in [0.1, 0.15) is 50.1 Å². The minimum absolute atomic E-state index is 0.0283. The van der Waals surface area contributed by atoms with E-state index < -0.39 is 0 Å². The van der Waals surface area contributed by atoms with Crippen LogP contribution in [0.15, 0.2) is 6.07 Å². The highest BCUT2D eigenvalue weighted by atomic mass is 16.2. The molecular formula is C16H25N5O2. The monoisotopic (exact) mass is 319 g/mol. The fraction of sp³-hybridized carbons (Fsp3) is 0.688. The zero-order valence-electron chi connectivity index (χ0n) is 13.4. The molecule has 7 nitrogen and oxygen atoms in total. The molecule has 1 saturated heterocycles. The van der Waals surface area contributed by atoms with Crippen LogP contribution in [-0.4, -0.2) is 53.1 Å². The highest BCUT2D eigenvalue weighted by molar-refractivity contribution is 5.92. The molecule has 0 spiro atoms. The van der Waals surface area contributed by atoms with E-state index in [0.29, 0.717) is 24.8 Å². The van der Waals surface area contributed by atoms with Gasteiger partial charge in [0.1, 0.15) is 0 Å². The third kappa shape index (κ3) is 4.54. The largest absolute Gasteiger partial charge is 0.354 e. The van der Waals surface area contributed by atoms with Gasteiger partial charge in [-0.3, -0.25) is 19.6 Å². The second-order valence-electron chi connectivity index (χ2n) is 6.51. The summed E-state index contributed by atoms with van der Waals surface area (Å²) in [6, 6.07) is 1.96. The number of piperazine rings is 1. The van der Waals surface area contributed by atoms with Crippen LogP contribution in [0.4, 0.5) is 5.82 Å². The smallest absolute Gasteiger partial charge is 0.239 e. The van der Waals surface area contributed by atoms with Gasteiger partial charge in [0.15, 0.2) is 5.82 Å². The lowest BCUT2D eigenvalue weighted by atomic mass is 9.97. The molecule has 3 N–H and O–H groups in total. The van der Waals surface area contributed by atoms with E-state index in [-0.39, 0.29) is 24.9 Å². The molecule has 0 atom stereocenters. The summed E-state index contributed by atoms with van der Waals surface area (Å²) in [5.74, 6) is 0.954. The van der Waals surface area contributed by atoms with Crippen LogP contribution in [0.25, 0.3) is 0 Å². The van der Waals surface area contributed by atoms with E-state index in [0.717, 1.165) is 5.69 Å². The molecule has 1 aromatic heterocycles. The van der Waals surface area contributed by atoms with Gasteiger partial charge in [-0.2, -0.15) is 5.10 Å². The van der Waals surface area contributed by atoms with Crippen molar-refractivity contribution >= 4 is 17.6 Å². The van der Waals surface area contributed by atoms with Crippen molar-refractivity contribution in [3.63, 3.8) is 0 Å². The Labute approximate surface area is 136 Å². The highest BCUT2D eigenvalue weighted by Crippen LogP contribution is 2.31. The van der Waals surface area contributed by atoms with Gasteiger partial charge < -0.3 is 10.6 Å². The molecule has 3 rings (SSSR count). The summed E-state index contributed by atoms with van der Waals surface area (Å²) in [5, 5.41) is 12.9. The summed E-state index contributed by atoms with van der Waals surface area (Å²) in [7, 11) is 0. The summed E-state index contributed by atoms with van der Waals surface area (Å²) in [4.78, 5) is 25.2. The maximum Gasteiger partial charge on any atom is 0.239 e. The number of carbonyl (C=O) groups is 2. The van der Waals surface area contributed by atoms with Crippen molar-refractivity contribution in [2.24, 2.45) is 0 Å². The van der Waals surface area contributed by atoms with Crippen LogP contribution in [0.2, 0.25) is 0 Å². The predicted octanol–water partition coefficient (Wildman–Crippen LogP) is 1.22. The van der Waals surface area contributed by atoms with E-state index in [1.807, 2.05) is 11.0 Å². The van der Waals surface area contributed by atoms with Crippen molar-refractivity contribution in [2.75, 3.05) is 31.5 Å². The molecule has 126 valence electrons. The highest BCUT2D eigenvalue weighted by Gasteiger charge is 2.20. The van der Waals surface area contributed by atoms with E-state index >= 15 is 0 Å². The molecule has 2 fully saturated rings. The third-order valence-corrected chi connectivity index (χ3v) is 4.64. The first-order valence-electron chi connectivity index (χ1n) is 8.55. The number of nitrogens with zero attached hydrogens (tertiary/aromatic N) is 2. The average molecular weight is 319 g/mol. The van der Waals surface area contributed by atoms with E-state index in [1.54, 1.807) is 0 Å².